The first-order valence-corrected chi connectivity index (χ1v) is 13.8. The number of carboxylic acid groups (broad SMARTS) is 1. The molecule has 33 heavy (non-hydrogen) atoms. The number of rotatable bonds is 8. The van der Waals surface area contributed by atoms with Crippen molar-refractivity contribution in [1.29, 1.82) is 0 Å². The van der Waals surface area contributed by atoms with Crippen LogP contribution in [0.3, 0.4) is 0 Å². The Hall–Kier alpha value is -1.76. The summed E-state index contributed by atoms with van der Waals surface area (Å²) in [6, 6.07) is 3.92. The molecule has 2 N–H and O–H groups in total. The summed E-state index contributed by atoms with van der Waals surface area (Å²) in [6.45, 7) is 3.75. The molecular formula is C26H37N3O3S. The van der Waals surface area contributed by atoms with Crippen molar-refractivity contribution in [1.82, 2.24) is 10.3 Å². The van der Waals surface area contributed by atoms with Gasteiger partial charge in [-0.1, -0.05) is 6.92 Å². The lowest BCUT2D eigenvalue weighted by molar-refractivity contribution is -0.138. The van der Waals surface area contributed by atoms with Crippen molar-refractivity contribution >= 4 is 29.5 Å². The highest BCUT2D eigenvalue weighted by atomic mass is 32.2. The fourth-order valence-corrected chi connectivity index (χ4v) is 8.22. The molecule has 0 spiro atoms. The van der Waals surface area contributed by atoms with Gasteiger partial charge in [0.05, 0.1) is 5.56 Å². The molecular weight excluding hydrogens is 434 g/mol. The number of carbonyl (C=O) groups is 2. The molecule has 1 atom stereocenters. The van der Waals surface area contributed by atoms with Crippen LogP contribution in [-0.4, -0.2) is 46.3 Å². The largest absolute Gasteiger partial charge is 0.481 e. The summed E-state index contributed by atoms with van der Waals surface area (Å²) < 4.78 is 0. The number of aromatic nitrogens is 1. The van der Waals surface area contributed by atoms with Crippen molar-refractivity contribution < 1.29 is 14.7 Å². The molecule has 5 aliphatic rings. The summed E-state index contributed by atoms with van der Waals surface area (Å²) in [4.78, 5) is 31.9. The van der Waals surface area contributed by atoms with E-state index in [0.29, 0.717) is 5.56 Å². The van der Waals surface area contributed by atoms with Gasteiger partial charge in [-0.25, -0.2) is 4.98 Å². The lowest BCUT2D eigenvalue weighted by Gasteiger charge is -2.56. The highest BCUT2D eigenvalue weighted by Gasteiger charge is 2.51. The van der Waals surface area contributed by atoms with Crippen LogP contribution in [0.4, 0.5) is 5.82 Å². The summed E-state index contributed by atoms with van der Waals surface area (Å²) in [5, 5.41) is 13.5. The average molecular weight is 472 g/mol. The number of piperidine rings is 1. The number of nitrogens with one attached hydrogen (secondary N) is 1. The number of anilines is 1. The third-order valence-electron chi connectivity index (χ3n) is 8.26. The van der Waals surface area contributed by atoms with E-state index < -0.39 is 5.97 Å². The fraction of sp³-hybridized carbons (Fsp3) is 0.731. The van der Waals surface area contributed by atoms with Crippen LogP contribution < -0.4 is 10.2 Å². The molecule has 4 bridgehead atoms. The Balaban J connectivity index is 1.34. The third kappa shape index (κ3) is 5.03. The van der Waals surface area contributed by atoms with Crippen LogP contribution in [0.2, 0.25) is 0 Å². The first-order valence-electron chi connectivity index (χ1n) is 12.9. The van der Waals surface area contributed by atoms with Gasteiger partial charge >= 0.3 is 5.97 Å². The lowest BCUT2D eigenvalue weighted by Crippen LogP contribution is -2.59. The molecule has 0 aromatic carbocycles. The molecule has 1 aromatic heterocycles. The number of thioether (sulfide) groups is 1. The Labute approximate surface area is 201 Å². The molecule has 6 rings (SSSR count). The van der Waals surface area contributed by atoms with Crippen molar-refractivity contribution in [2.24, 2.45) is 23.7 Å². The van der Waals surface area contributed by atoms with Crippen LogP contribution in [-0.2, 0) is 4.79 Å². The molecule has 6 nitrogen and oxygen atoms in total. The van der Waals surface area contributed by atoms with E-state index in [1.54, 1.807) is 11.8 Å². The van der Waals surface area contributed by atoms with E-state index in [0.717, 1.165) is 86.0 Å². The van der Waals surface area contributed by atoms with Gasteiger partial charge in [-0.2, -0.15) is 0 Å². The Morgan fingerprint density at radius 3 is 2.52 bits per heavy atom. The minimum Gasteiger partial charge on any atom is -0.481 e. The molecule has 0 radical (unpaired) electrons. The summed E-state index contributed by atoms with van der Waals surface area (Å²) in [7, 11) is 0. The maximum atomic E-state index is 13.5. The molecule has 2 heterocycles. The smallest absolute Gasteiger partial charge is 0.303 e. The molecule has 180 valence electrons. The minimum absolute atomic E-state index is 0.00583. The van der Waals surface area contributed by atoms with Gasteiger partial charge in [-0.05, 0) is 99.3 Å². The average Bonchev–Trinajstić information content (AvgIpc) is 2.76. The van der Waals surface area contributed by atoms with Gasteiger partial charge < -0.3 is 15.3 Å². The van der Waals surface area contributed by atoms with Crippen LogP contribution in [0.5, 0.6) is 0 Å². The van der Waals surface area contributed by atoms with Crippen LogP contribution in [0.1, 0.15) is 81.5 Å². The molecule has 1 amide bonds. The Kier molecular flexibility index (Phi) is 6.60. The Morgan fingerprint density at radius 1 is 1.18 bits per heavy atom. The zero-order valence-electron chi connectivity index (χ0n) is 19.7. The number of hydrogen-bond donors (Lipinski definition) is 2. The Morgan fingerprint density at radius 2 is 1.88 bits per heavy atom. The first-order chi connectivity index (χ1) is 15.9. The Bertz CT molecular complexity index is 869. The SMILES string of the molecule is CCCSc1nc(N2CCC[C@@H](CC(=O)O)C2)ccc1C(=O)NC12CC3CC(CC(C3)C1)C2. The van der Waals surface area contributed by atoms with Crippen molar-refractivity contribution in [3.8, 4) is 0 Å². The zero-order valence-corrected chi connectivity index (χ0v) is 20.5. The third-order valence-corrected chi connectivity index (χ3v) is 9.45. The first kappa shape index (κ1) is 23.0. The number of amides is 1. The highest BCUT2D eigenvalue weighted by Crippen LogP contribution is 2.55. The molecule has 1 saturated heterocycles. The quantitative estimate of drug-likeness (QED) is 0.521. The zero-order chi connectivity index (χ0) is 23.0. The standard InChI is InChI=1S/C26H37N3O3S/c1-2-8-33-25-21(5-6-22(27-25)29-7-3-4-17(16-29)12-23(30)31)24(32)28-26-13-18-9-19(14-26)11-20(10-18)15-26/h5-6,17-20H,2-4,7-16H2,1H3,(H,28,32)(H,30,31)/t17-,18?,19?,20?,26?/m0/s1. The molecule has 4 aliphatic carbocycles. The number of aliphatic carboxylic acids is 1. The second-order valence-corrected chi connectivity index (χ2v) is 12.2. The second kappa shape index (κ2) is 9.47. The van der Waals surface area contributed by atoms with E-state index >= 15 is 0 Å². The molecule has 4 saturated carbocycles. The lowest BCUT2D eigenvalue weighted by atomic mass is 9.53. The number of pyridine rings is 1. The predicted molar refractivity (Wildman–Crippen MR) is 131 cm³/mol. The van der Waals surface area contributed by atoms with Gasteiger partial charge in [-0.15, -0.1) is 11.8 Å². The molecule has 1 aromatic rings. The topological polar surface area (TPSA) is 82.5 Å². The van der Waals surface area contributed by atoms with Crippen LogP contribution in [0.25, 0.3) is 0 Å². The summed E-state index contributed by atoms with van der Waals surface area (Å²) in [6.07, 6.45) is 10.7. The van der Waals surface area contributed by atoms with E-state index in [2.05, 4.69) is 17.1 Å². The van der Waals surface area contributed by atoms with Gasteiger partial charge in [0.2, 0.25) is 0 Å². The van der Waals surface area contributed by atoms with Crippen molar-refractivity contribution in [3.05, 3.63) is 17.7 Å². The van der Waals surface area contributed by atoms with Gasteiger partial charge in [0.25, 0.3) is 5.91 Å². The fourth-order valence-electron chi connectivity index (χ4n) is 7.35. The van der Waals surface area contributed by atoms with Crippen LogP contribution in [0.15, 0.2) is 17.2 Å². The minimum atomic E-state index is -0.731. The number of hydrogen-bond acceptors (Lipinski definition) is 5. The monoisotopic (exact) mass is 471 g/mol. The van der Waals surface area contributed by atoms with Crippen LogP contribution >= 0.6 is 11.8 Å². The normalized spacial score (nSPS) is 32.7. The van der Waals surface area contributed by atoms with Gasteiger partial charge in [0, 0.05) is 25.0 Å². The van der Waals surface area contributed by atoms with E-state index in [9.17, 15) is 14.7 Å². The summed E-state index contributed by atoms with van der Waals surface area (Å²) in [5.74, 6) is 3.65. The van der Waals surface area contributed by atoms with Crippen molar-refractivity contribution in [2.75, 3.05) is 23.7 Å². The number of carbonyl (C=O) groups excluding carboxylic acids is 1. The van der Waals surface area contributed by atoms with E-state index in [-0.39, 0.29) is 23.8 Å². The highest BCUT2D eigenvalue weighted by molar-refractivity contribution is 7.99. The van der Waals surface area contributed by atoms with E-state index in [1.807, 2.05) is 12.1 Å². The number of carboxylic acids is 1. The van der Waals surface area contributed by atoms with Crippen LogP contribution in [0, 0.1) is 23.7 Å². The number of nitrogens with zero attached hydrogens (tertiary/aromatic N) is 2. The summed E-state index contributed by atoms with van der Waals surface area (Å²) in [5.41, 5.74) is 0.695. The maximum absolute atomic E-state index is 13.5. The van der Waals surface area contributed by atoms with Crippen molar-refractivity contribution in [3.63, 3.8) is 0 Å². The predicted octanol–water partition coefficient (Wildman–Crippen LogP) is 4.97. The molecule has 0 unspecified atom stereocenters. The van der Waals surface area contributed by atoms with Crippen molar-refractivity contribution in [2.45, 2.75) is 81.7 Å². The van der Waals surface area contributed by atoms with Gasteiger partial charge in [0.15, 0.2) is 0 Å². The molecule has 1 aliphatic heterocycles. The van der Waals surface area contributed by atoms with Gasteiger partial charge in [0.1, 0.15) is 10.8 Å². The molecule has 7 heteroatoms. The van der Waals surface area contributed by atoms with E-state index in [4.69, 9.17) is 4.98 Å². The van der Waals surface area contributed by atoms with E-state index in [1.165, 1.54) is 19.3 Å². The maximum Gasteiger partial charge on any atom is 0.303 e. The van der Waals surface area contributed by atoms with Gasteiger partial charge in [-0.3, -0.25) is 9.59 Å². The summed E-state index contributed by atoms with van der Waals surface area (Å²) >= 11 is 1.66. The second-order valence-electron chi connectivity index (χ2n) is 11.1. The molecule has 5 fully saturated rings.